The Morgan fingerprint density at radius 2 is 1.88 bits per heavy atom. The summed E-state index contributed by atoms with van der Waals surface area (Å²) < 4.78 is 19.6. The van der Waals surface area contributed by atoms with E-state index in [4.69, 9.17) is 4.74 Å². The van der Waals surface area contributed by atoms with Crippen molar-refractivity contribution >= 4 is 27.3 Å². The predicted molar refractivity (Wildman–Crippen MR) is 100 cm³/mol. The van der Waals surface area contributed by atoms with E-state index in [0.717, 1.165) is 27.0 Å². The molecule has 5 heteroatoms. The van der Waals surface area contributed by atoms with Gasteiger partial charge in [-0.2, -0.15) is 0 Å². The second-order valence-electron chi connectivity index (χ2n) is 6.06. The highest BCUT2D eigenvalue weighted by molar-refractivity contribution is 7.21. The normalized spacial score (nSPS) is 12.2. The molecule has 0 aliphatic carbocycles. The van der Waals surface area contributed by atoms with Gasteiger partial charge in [-0.05, 0) is 60.7 Å². The second kappa shape index (κ2) is 6.84. The predicted octanol–water partition coefficient (Wildman–Crippen LogP) is 5.19. The molecule has 3 aromatic rings. The van der Waals surface area contributed by atoms with Gasteiger partial charge >= 0.3 is 0 Å². The van der Waals surface area contributed by atoms with Crippen molar-refractivity contribution in [3.8, 4) is 5.75 Å². The number of amides is 1. The molecule has 0 N–H and O–H groups in total. The molecule has 0 saturated carbocycles. The monoisotopic (exact) mass is 357 g/mol. The number of carbonyl (C=O) groups excluding carboxylic acids is 1. The van der Waals surface area contributed by atoms with Gasteiger partial charge in [-0.25, -0.2) is 4.39 Å². The molecule has 1 atom stereocenters. The Morgan fingerprint density at radius 1 is 1.20 bits per heavy atom. The fourth-order valence-electron chi connectivity index (χ4n) is 2.84. The van der Waals surface area contributed by atoms with Gasteiger partial charge in [0, 0.05) is 11.7 Å². The maximum atomic E-state index is 13.5. The minimum absolute atomic E-state index is 0.0533. The number of benzene rings is 2. The van der Waals surface area contributed by atoms with Crippen LogP contribution in [0.15, 0.2) is 42.5 Å². The molecular weight excluding hydrogens is 337 g/mol. The Kier molecular flexibility index (Phi) is 4.77. The Balaban J connectivity index is 1.90. The number of aryl methyl sites for hydroxylation is 1. The lowest BCUT2D eigenvalue weighted by Crippen LogP contribution is -2.29. The van der Waals surface area contributed by atoms with E-state index in [2.05, 4.69) is 0 Å². The van der Waals surface area contributed by atoms with Gasteiger partial charge < -0.3 is 9.64 Å². The molecule has 0 fully saturated rings. The molecule has 1 unspecified atom stereocenters. The number of ether oxygens (including phenoxy) is 1. The lowest BCUT2D eigenvalue weighted by molar-refractivity contribution is 0.0747. The molecule has 0 spiro atoms. The second-order valence-corrected chi connectivity index (χ2v) is 7.11. The molecule has 2 aromatic carbocycles. The number of rotatable bonds is 4. The number of nitrogens with zero attached hydrogens (tertiary/aromatic N) is 1. The lowest BCUT2D eigenvalue weighted by Gasteiger charge is -2.25. The molecule has 1 aromatic heterocycles. The van der Waals surface area contributed by atoms with Crippen LogP contribution < -0.4 is 4.74 Å². The summed E-state index contributed by atoms with van der Waals surface area (Å²) in [6, 6.07) is 12.3. The van der Waals surface area contributed by atoms with Gasteiger partial charge in [0.1, 0.15) is 11.6 Å². The summed E-state index contributed by atoms with van der Waals surface area (Å²) in [4.78, 5) is 15.3. The largest absolute Gasteiger partial charge is 0.497 e. The van der Waals surface area contributed by atoms with Crippen molar-refractivity contribution in [2.24, 2.45) is 0 Å². The van der Waals surface area contributed by atoms with E-state index in [1.54, 1.807) is 25.1 Å². The number of halogens is 1. The maximum absolute atomic E-state index is 13.5. The highest BCUT2D eigenvalue weighted by Crippen LogP contribution is 2.33. The third-order valence-corrected chi connectivity index (χ3v) is 5.85. The van der Waals surface area contributed by atoms with Crippen LogP contribution >= 0.6 is 11.3 Å². The number of carbonyl (C=O) groups is 1. The van der Waals surface area contributed by atoms with Crippen molar-refractivity contribution in [3.63, 3.8) is 0 Å². The summed E-state index contributed by atoms with van der Waals surface area (Å²) in [5.74, 6) is 0.446. The molecule has 0 bridgehead atoms. The smallest absolute Gasteiger partial charge is 0.264 e. The highest BCUT2D eigenvalue weighted by atomic mass is 32.1. The van der Waals surface area contributed by atoms with Crippen LogP contribution in [0.2, 0.25) is 0 Å². The van der Waals surface area contributed by atoms with Crippen molar-refractivity contribution in [3.05, 3.63) is 64.3 Å². The maximum Gasteiger partial charge on any atom is 0.264 e. The van der Waals surface area contributed by atoms with Crippen molar-refractivity contribution < 1.29 is 13.9 Å². The molecule has 1 amide bonds. The zero-order valence-electron chi connectivity index (χ0n) is 14.7. The molecule has 0 saturated heterocycles. The van der Waals surface area contributed by atoms with Gasteiger partial charge in [0.25, 0.3) is 5.91 Å². The fraction of sp³-hybridized carbons (Fsp3) is 0.250. The van der Waals surface area contributed by atoms with Gasteiger partial charge in [0.2, 0.25) is 0 Å². The highest BCUT2D eigenvalue weighted by Gasteiger charge is 2.23. The summed E-state index contributed by atoms with van der Waals surface area (Å²) in [6.45, 7) is 3.86. The summed E-state index contributed by atoms with van der Waals surface area (Å²) in [5.41, 5.74) is 1.86. The van der Waals surface area contributed by atoms with E-state index < -0.39 is 0 Å². The average Bonchev–Trinajstić information content (AvgIpc) is 2.96. The third-order valence-electron chi connectivity index (χ3n) is 4.59. The van der Waals surface area contributed by atoms with Crippen LogP contribution in [0.4, 0.5) is 4.39 Å². The van der Waals surface area contributed by atoms with Crippen molar-refractivity contribution in [2.45, 2.75) is 19.9 Å². The average molecular weight is 357 g/mol. The van der Waals surface area contributed by atoms with Gasteiger partial charge in [-0.3, -0.25) is 4.79 Å². The quantitative estimate of drug-likeness (QED) is 0.643. The van der Waals surface area contributed by atoms with Gasteiger partial charge in [-0.15, -0.1) is 11.3 Å². The van der Waals surface area contributed by atoms with E-state index >= 15 is 0 Å². The molecule has 130 valence electrons. The van der Waals surface area contributed by atoms with E-state index in [0.29, 0.717) is 4.88 Å². The fourth-order valence-corrected chi connectivity index (χ4v) is 4.01. The summed E-state index contributed by atoms with van der Waals surface area (Å²) in [5, 5.41) is 0.804. The van der Waals surface area contributed by atoms with Crippen molar-refractivity contribution in [1.29, 1.82) is 0 Å². The van der Waals surface area contributed by atoms with Crippen LogP contribution in [0.3, 0.4) is 0 Å². The molecule has 0 aliphatic rings. The first-order valence-electron chi connectivity index (χ1n) is 8.02. The first-order valence-corrected chi connectivity index (χ1v) is 8.83. The zero-order chi connectivity index (χ0) is 18.1. The molecule has 3 rings (SSSR count). The van der Waals surface area contributed by atoms with E-state index in [1.807, 2.05) is 38.1 Å². The van der Waals surface area contributed by atoms with Gasteiger partial charge in [0.15, 0.2) is 0 Å². The minimum atomic E-state index is -0.285. The topological polar surface area (TPSA) is 29.5 Å². The van der Waals surface area contributed by atoms with Crippen LogP contribution in [-0.2, 0) is 0 Å². The van der Waals surface area contributed by atoms with Crippen LogP contribution in [0.1, 0.15) is 33.8 Å². The Labute approximate surface area is 150 Å². The number of hydrogen-bond donors (Lipinski definition) is 0. The van der Waals surface area contributed by atoms with E-state index in [1.165, 1.54) is 23.5 Å². The Morgan fingerprint density at radius 3 is 2.52 bits per heavy atom. The van der Waals surface area contributed by atoms with Crippen LogP contribution in [0, 0.1) is 12.7 Å². The molecule has 3 nitrogen and oxygen atoms in total. The van der Waals surface area contributed by atoms with Crippen LogP contribution in [-0.4, -0.2) is 25.0 Å². The molecular formula is C20H20FNO2S. The van der Waals surface area contributed by atoms with Crippen LogP contribution in [0.5, 0.6) is 5.75 Å². The Hall–Kier alpha value is -2.40. The standard InChI is InChI=1S/C20H20FNO2S/c1-12-17-11-15(21)7-10-18(17)25-19(12)20(23)22(3)13(2)14-5-8-16(24-4)9-6-14/h5-11,13H,1-4H3. The van der Waals surface area contributed by atoms with Crippen molar-refractivity contribution in [2.75, 3.05) is 14.2 Å². The molecule has 0 radical (unpaired) electrons. The molecule has 0 aliphatic heterocycles. The van der Waals surface area contributed by atoms with Gasteiger partial charge in [-0.1, -0.05) is 12.1 Å². The van der Waals surface area contributed by atoms with Gasteiger partial charge in [0.05, 0.1) is 18.0 Å². The third kappa shape index (κ3) is 3.24. The molecule has 1 heterocycles. The Bertz CT molecular complexity index is 917. The number of methoxy groups -OCH3 is 1. The first-order chi connectivity index (χ1) is 11.9. The molecule has 25 heavy (non-hydrogen) atoms. The lowest BCUT2D eigenvalue weighted by atomic mass is 10.1. The summed E-state index contributed by atoms with van der Waals surface area (Å²) in [7, 11) is 3.42. The van der Waals surface area contributed by atoms with Crippen molar-refractivity contribution in [1.82, 2.24) is 4.90 Å². The summed E-state index contributed by atoms with van der Waals surface area (Å²) in [6.07, 6.45) is 0. The number of hydrogen-bond acceptors (Lipinski definition) is 3. The van der Waals surface area contributed by atoms with Crippen LogP contribution in [0.25, 0.3) is 10.1 Å². The minimum Gasteiger partial charge on any atom is -0.497 e. The first kappa shape index (κ1) is 17.4. The van der Waals surface area contributed by atoms with E-state index in [9.17, 15) is 9.18 Å². The number of thiophene rings is 1. The zero-order valence-corrected chi connectivity index (χ0v) is 15.5. The SMILES string of the molecule is COc1ccc(C(C)N(C)C(=O)c2sc3ccc(F)cc3c2C)cc1. The van der Waals surface area contributed by atoms with E-state index in [-0.39, 0.29) is 17.8 Å². The number of fused-ring (bicyclic) bond motifs is 1. The summed E-state index contributed by atoms with van der Waals surface area (Å²) >= 11 is 1.41.